The van der Waals surface area contributed by atoms with E-state index in [1.165, 1.54) is 0 Å². The third-order valence-corrected chi connectivity index (χ3v) is 4.17. The van der Waals surface area contributed by atoms with Crippen LogP contribution in [0, 0.1) is 0 Å². The lowest BCUT2D eigenvalue weighted by Gasteiger charge is -2.20. The molecule has 0 unspecified atom stereocenters. The Bertz CT molecular complexity index is 996. The number of ketones is 1. The molecule has 0 bridgehead atoms. The van der Waals surface area contributed by atoms with Crippen LogP contribution in [0.5, 0.6) is 17.2 Å². The lowest BCUT2D eigenvalue weighted by Crippen LogP contribution is -2.19. The number of carbonyl (C=O) groups is 1. The van der Waals surface area contributed by atoms with Crippen molar-refractivity contribution in [2.75, 3.05) is 20.8 Å². The van der Waals surface area contributed by atoms with Crippen LogP contribution in [-0.2, 0) is 0 Å². The number of hydrogen-bond acceptors (Lipinski definition) is 5. The Balaban J connectivity index is 1.74. The van der Waals surface area contributed by atoms with Crippen molar-refractivity contribution < 1.29 is 23.4 Å². The second-order valence-corrected chi connectivity index (χ2v) is 5.65. The quantitative estimate of drug-likeness (QED) is 0.674. The van der Waals surface area contributed by atoms with Gasteiger partial charge in [-0.2, -0.15) is 0 Å². The summed E-state index contributed by atoms with van der Waals surface area (Å²) >= 11 is 0. The van der Waals surface area contributed by atoms with Crippen LogP contribution >= 0.6 is 0 Å². The number of benzene rings is 2. The summed E-state index contributed by atoms with van der Waals surface area (Å²) in [6.07, 6.45) is 1.71. The van der Waals surface area contributed by atoms with E-state index in [0.717, 1.165) is 5.39 Å². The molecule has 4 rings (SSSR count). The van der Waals surface area contributed by atoms with Gasteiger partial charge >= 0.3 is 0 Å². The maximum absolute atomic E-state index is 12.8. The molecule has 0 fully saturated rings. The molecule has 5 heteroatoms. The zero-order chi connectivity index (χ0) is 17.4. The first kappa shape index (κ1) is 15.3. The molecule has 2 aromatic carbocycles. The summed E-state index contributed by atoms with van der Waals surface area (Å²) in [5.74, 6) is 2.19. The van der Waals surface area contributed by atoms with Crippen LogP contribution in [-0.4, -0.2) is 26.6 Å². The standard InChI is InChI=1S/C20H16O5/c1-22-16-7-3-5-12-9-14(25-19(12)16)10-13-11-24-20-15(18(13)21)6-4-8-17(20)23-2/h3-10H,11H2,1-2H3/b13-10+. The summed E-state index contributed by atoms with van der Waals surface area (Å²) in [4.78, 5) is 12.8. The highest BCUT2D eigenvalue weighted by Crippen LogP contribution is 2.37. The van der Waals surface area contributed by atoms with E-state index in [-0.39, 0.29) is 12.4 Å². The highest BCUT2D eigenvalue weighted by atomic mass is 16.5. The van der Waals surface area contributed by atoms with E-state index < -0.39 is 0 Å². The first-order valence-corrected chi connectivity index (χ1v) is 7.83. The van der Waals surface area contributed by atoms with Gasteiger partial charge in [-0.3, -0.25) is 4.79 Å². The molecule has 0 atom stereocenters. The monoisotopic (exact) mass is 336 g/mol. The summed E-state index contributed by atoms with van der Waals surface area (Å²) < 4.78 is 22.1. The summed E-state index contributed by atoms with van der Waals surface area (Å²) in [5.41, 5.74) is 1.67. The van der Waals surface area contributed by atoms with Gasteiger partial charge < -0.3 is 18.6 Å². The lowest BCUT2D eigenvalue weighted by atomic mass is 9.99. The van der Waals surface area contributed by atoms with E-state index in [0.29, 0.717) is 39.7 Å². The van der Waals surface area contributed by atoms with Gasteiger partial charge in [-0.1, -0.05) is 18.2 Å². The van der Waals surface area contributed by atoms with Crippen molar-refractivity contribution in [3.8, 4) is 17.2 Å². The van der Waals surface area contributed by atoms with E-state index in [9.17, 15) is 4.79 Å². The fourth-order valence-corrected chi connectivity index (χ4v) is 2.96. The van der Waals surface area contributed by atoms with Gasteiger partial charge in [0, 0.05) is 11.0 Å². The SMILES string of the molecule is COc1cccc2c1OC/C(=C\c1cc3cccc(OC)c3o1)C2=O. The first-order valence-electron chi connectivity index (χ1n) is 7.83. The maximum atomic E-state index is 12.8. The van der Waals surface area contributed by atoms with Gasteiger partial charge in [0.25, 0.3) is 0 Å². The number of para-hydroxylation sites is 2. The second-order valence-electron chi connectivity index (χ2n) is 5.65. The van der Waals surface area contributed by atoms with Crippen LogP contribution in [0.4, 0.5) is 0 Å². The minimum atomic E-state index is -0.0902. The Kier molecular flexibility index (Phi) is 3.69. The molecule has 5 nitrogen and oxygen atoms in total. The van der Waals surface area contributed by atoms with Gasteiger partial charge in [0.15, 0.2) is 28.6 Å². The Hall–Kier alpha value is -3.21. The number of fused-ring (bicyclic) bond motifs is 2. The number of hydrogen-bond donors (Lipinski definition) is 0. The Morgan fingerprint density at radius 1 is 1.04 bits per heavy atom. The molecule has 25 heavy (non-hydrogen) atoms. The Labute approximate surface area is 144 Å². The smallest absolute Gasteiger partial charge is 0.196 e. The van der Waals surface area contributed by atoms with Crippen LogP contribution in [0.15, 0.2) is 52.5 Å². The minimum absolute atomic E-state index is 0.0902. The largest absolute Gasteiger partial charge is 0.493 e. The molecule has 0 spiro atoms. The molecule has 0 saturated carbocycles. The normalized spacial score (nSPS) is 15.1. The molecule has 0 N–H and O–H groups in total. The molecule has 0 amide bonds. The minimum Gasteiger partial charge on any atom is -0.493 e. The van der Waals surface area contributed by atoms with E-state index in [2.05, 4.69) is 0 Å². The maximum Gasteiger partial charge on any atom is 0.196 e. The van der Waals surface area contributed by atoms with Crippen LogP contribution in [0.1, 0.15) is 16.1 Å². The van der Waals surface area contributed by atoms with Gasteiger partial charge in [-0.25, -0.2) is 0 Å². The van der Waals surface area contributed by atoms with E-state index in [1.54, 1.807) is 38.5 Å². The molecule has 126 valence electrons. The van der Waals surface area contributed by atoms with Crippen molar-refractivity contribution >= 4 is 22.8 Å². The third-order valence-electron chi connectivity index (χ3n) is 4.17. The topological polar surface area (TPSA) is 57.9 Å². The molecular weight excluding hydrogens is 320 g/mol. The molecule has 1 aliphatic heterocycles. The second kappa shape index (κ2) is 6.02. The van der Waals surface area contributed by atoms with Crippen LogP contribution in [0.3, 0.4) is 0 Å². The fourth-order valence-electron chi connectivity index (χ4n) is 2.96. The van der Waals surface area contributed by atoms with Crippen LogP contribution in [0.25, 0.3) is 17.0 Å². The van der Waals surface area contributed by atoms with Gasteiger partial charge in [0.05, 0.1) is 19.8 Å². The lowest BCUT2D eigenvalue weighted by molar-refractivity contribution is 0.0998. The number of furan rings is 1. The Morgan fingerprint density at radius 3 is 2.60 bits per heavy atom. The predicted octanol–water partition coefficient (Wildman–Crippen LogP) is 4.11. The molecular formula is C20H16O5. The van der Waals surface area contributed by atoms with Crippen LogP contribution in [0.2, 0.25) is 0 Å². The summed E-state index contributed by atoms with van der Waals surface area (Å²) in [5, 5.41) is 0.914. The molecule has 0 saturated heterocycles. The average molecular weight is 336 g/mol. The molecule has 2 heterocycles. The molecule has 1 aliphatic rings. The zero-order valence-electron chi connectivity index (χ0n) is 13.9. The molecule has 3 aromatic rings. The van der Waals surface area contributed by atoms with Crippen LogP contribution < -0.4 is 14.2 Å². The van der Waals surface area contributed by atoms with Crippen molar-refractivity contribution in [2.45, 2.75) is 0 Å². The van der Waals surface area contributed by atoms with E-state index >= 15 is 0 Å². The summed E-state index contributed by atoms with van der Waals surface area (Å²) in [6, 6.07) is 12.8. The van der Waals surface area contributed by atoms with Gasteiger partial charge in [-0.05, 0) is 30.3 Å². The zero-order valence-corrected chi connectivity index (χ0v) is 13.9. The summed E-state index contributed by atoms with van der Waals surface area (Å²) in [6.45, 7) is 0.167. The molecule has 1 aromatic heterocycles. The number of ether oxygens (including phenoxy) is 3. The summed E-state index contributed by atoms with van der Waals surface area (Å²) in [7, 11) is 3.15. The number of methoxy groups -OCH3 is 2. The first-order chi connectivity index (χ1) is 12.2. The Morgan fingerprint density at radius 2 is 1.80 bits per heavy atom. The van der Waals surface area contributed by atoms with E-state index in [4.69, 9.17) is 18.6 Å². The van der Waals surface area contributed by atoms with Gasteiger partial charge in [0.1, 0.15) is 12.4 Å². The highest BCUT2D eigenvalue weighted by molar-refractivity contribution is 6.14. The third kappa shape index (κ3) is 2.54. The fraction of sp³-hybridized carbons (Fsp3) is 0.150. The van der Waals surface area contributed by atoms with Crippen molar-refractivity contribution in [1.29, 1.82) is 0 Å². The van der Waals surface area contributed by atoms with Gasteiger partial charge in [0.2, 0.25) is 0 Å². The average Bonchev–Trinajstić information content (AvgIpc) is 3.06. The van der Waals surface area contributed by atoms with Gasteiger partial charge in [-0.15, -0.1) is 0 Å². The van der Waals surface area contributed by atoms with Crippen molar-refractivity contribution in [2.24, 2.45) is 0 Å². The molecule has 0 radical (unpaired) electrons. The highest BCUT2D eigenvalue weighted by Gasteiger charge is 2.26. The van der Waals surface area contributed by atoms with Crippen molar-refractivity contribution in [3.63, 3.8) is 0 Å². The predicted molar refractivity (Wildman–Crippen MR) is 93.6 cm³/mol. The number of carbonyl (C=O) groups excluding carboxylic acids is 1. The number of rotatable bonds is 3. The molecule has 0 aliphatic carbocycles. The van der Waals surface area contributed by atoms with E-state index in [1.807, 2.05) is 24.3 Å². The number of Topliss-reactive ketones (excluding diaryl/α,β-unsaturated/α-hetero) is 1. The van der Waals surface area contributed by atoms with Crippen molar-refractivity contribution in [3.05, 3.63) is 59.4 Å². The van der Waals surface area contributed by atoms with Crippen molar-refractivity contribution in [1.82, 2.24) is 0 Å².